The van der Waals surface area contributed by atoms with Crippen molar-refractivity contribution in [1.82, 2.24) is 15.2 Å². The highest BCUT2D eigenvalue weighted by molar-refractivity contribution is 7.12. The third-order valence-corrected chi connectivity index (χ3v) is 6.26. The molecule has 1 aromatic carbocycles. The van der Waals surface area contributed by atoms with Crippen molar-refractivity contribution in [3.63, 3.8) is 0 Å². The Morgan fingerprint density at radius 3 is 2.77 bits per heavy atom. The molecule has 0 radical (unpaired) electrons. The number of para-hydroxylation sites is 1. The first-order chi connectivity index (χ1) is 14.7. The lowest BCUT2D eigenvalue weighted by Gasteiger charge is -2.20. The number of aromatic nitrogens is 1. The third kappa shape index (κ3) is 4.21. The molecule has 0 bridgehead atoms. The maximum atomic E-state index is 13.1. The smallest absolute Gasteiger partial charge is 0.263 e. The van der Waals surface area contributed by atoms with Crippen molar-refractivity contribution in [3.8, 4) is 5.75 Å². The first-order valence-electron chi connectivity index (χ1n) is 9.79. The maximum Gasteiger partial charge on any atom is 0.263 e. The Morgan fingerprint density at radius 1 is 1.17 bits per heavy atom. The van der Waals surface area contributed by atoms with Crippen LogP contribution in [0, 0.1) is 5.92 Å². The normalized spacial score (nSPS) is 18.2. The summed E-state index contributed by atoms with van der Waals surface area (Å²) in [4.78, 5) is 32.7. The molecule has 0 spiro atoms. The van der Waals surface area contributed by atoms with Crippen molar-refractivity contribution >= 4 is 23.2 Å². The minimum Gasteiger partial charge on any atom is -0.496 e. The molecule has 30 heavy (non-hydrogen) atoms. The summed E-state index contributed by atoms with van der Waals surface area (Å²) in [6.45, 7) is 1.25. The van der Waals surface area contributed by atoms with E-state index < -0.39 is 0 Å². The molecular formula is C23H23N3O3S. The number of hydrogen-bond donors (Lipinski definition) is 1. The molecule has 154 valence electrons. The van der Waals surface area contributed by atoms with Crippen LogP contribution in [0.15, 0.2) is 66.3 Å². The molecule has 1 N–H and O–H groups in total. The lowest BCUT2D eigenvalue weighted by molar-refractivity contribution is -0.125. The molecule has 1 aliphatic rings. The van der Waals surface area contributed by atoms with Gasteiger partial charge in [0.1, 0.15) is 5.75 Å². The fraction of sp³-hybridized carbons (Fsp3) is 0.261. The van der Waals surface area contributed by atoms with Gasteiger partial charge in [0, 0.05) is 37.9 Å². The lowest BCUT2D eigenvalue weighted by atomic mass is 9.87. The summed E-state index contributed by atoms with van der Waals surface area (Å²) in [7, 11) is 1.62. The maximum absolute atomic E-state index is 13.1. The van der Waals surface area contributed by atoms with Crippen LogP contribution in [0.4, 0.5) is 0 Å². The number of ether oxygens (including phenoxy) is 1. The molecule has 1 fully saturated rings. The van der Waals surface area contributed by atoms with Gasteiger partial charge in [-0.15, -0.1) is 11.3 Å². The Kier molecular flexibility index (Phi) is 6.09. The number of hydrogen-bond acceptors (Lipinski definition) is 5. The van der Waals surface area contributed by atoms with Gasteiger partial charge in [0.15, 0.2) is 0 Å². The van der Waals surface area contributed by atoms with Crippen LogP contribution in [0.5, 0.6) is 5.75 Å². The number of pyridine rings is 1. The molecule has 0 saturated carbocycles. The van der Waals surface area contributed by atoms with Crippen molar-refractivity contribution in [1.29, 1.82) is 0 Å². The van der Waals surface area contributed by atoms with Gasteiger partial charge in [0.25, 0.3) is 5.91 Å². The number of nitrogens with one attached hydrogen (secondary N) is 1. The van der Waals surface area contributed by atoms with Crippen LogP contribution in [0.25, 0.3) is 0 Å². The Labute approximate surface area is 179 Å². The Bertz CT molecular complexity index is 1010. The van der Waals surface area contributed by atoms with E-state index in [1.807, 2.05) is 53.9 Å². The van der Waals surface area contributed by atoms with E-state index >= 15 is 0 Å². The molecule has 1 aliphatic heterocycles. The molecule has 3 aromatic rings. The largest absolute Gasteiger partial charge is 0.496 e. The van der Waals surface area contributed by atoms with E-state index in [1.54, 1.807) is 24.4 Å². The molecule has 0 aliphatic carbocycles. The monoisotopic (exact) mass is 421 g/mol. The van der Waals surface area contributed by atoms with Gasteiger partial charge in [-0.25, -0.2) is 0 Å². The second-order valence-corrected chi connectivity index (χ2v) is 8.17. The predicted octanol–water partition coefficient (Wildman–Crippen LogP) is 3.32. The van der Waals surface area contributed by atoms with Crippen LogP contribution in [-0.2, 0) is 11.3 Å². The Morgan fingerprint density at radius 2 is 2.03 bits per heavy atom. The number of amides is 2. The van der Waals surface area contributed by atoms with Crippen molar-refractivity contribution in [3.05, 3.63) is 82.3 Å². The average molecular weight is 422 g/mol. The molecular weight excluding hydrogens is 398 g/mol. The Balaban J connectivity index is 1.57. The van der Waals surface area contributed by atoms with Gasteiger partial charge in [0.2, 0.25) is 5.91 Å². The molecule has 3 heterocycles. The number of methoxy groups -OCH3 is 1. The van der Waals surface area contributed by atoms with Crippen LogP contribution in [0.3, 0.4) is 0 Å². The fourth-order valence-electron chi connectivity index (χ4n) is 3.90. The number of nitrogens with zero attached hydrogens (tertiary/aromatic N) is 2. The summed E-state index contributed by atoms with van der Waals surface area (Å²) < 4.78 is 5.54. The summed E-state index contributed by atoms with van der Waals surface area (Å²) >= 11 is 1.42. The topological polar surface area (TPSA) is 71.5 Å². The zero-order valence-electron chi connectivity index (χ0n) is 16.7. The van der Waals surface area contributed by atoms with Crippen LogP contribution >= 0.6 is 11.3 Å². The van der Waals surface area contributed by atoms with Crippen LogP contribution in [-0.4, -0.2) is 41.9 Å². The lowest BCUT2D eigenvalue weighted by Crippen LogP contribution is -2.35. The Hall–Kier alpha value is -3.19. The minimum atomic E-state index is -0.359. The van der Waals surface area contributed by atoms with Gasteiger partial charge in [-0.05, 0) is 34.7 Å². The molecule has 2 atom stereocenters. The summed E-state index contributed by atoms with van der Waals surface area (Å²) in [6, 6.07) is 15.2. The van der Waals surface area contributed by atoms with E-state index in [0.29, 0.717) is 24.5 Å². The highest BCUT2D eigenvalue weighted by Crippen LogP contribution is 2.38. The number of carbonyl (C=O) groups excluding carboxylic acids is 2. The zero-order chi connectivity index (χ0) is 20.9. The van der Waals surface area contributed by atoms with Gasteiger partial charge in [0.05, 0.1) is 17.9 Å². The fourth-order valence-corrected chi connectivity index (χ4v) is 4.59. The molecule has 7 heteroatoms. The van der Waals surface area contributed by atoms with Gasteiger partial charge < -0.3 is 15.0 Å². The van der Waals surface area contributed by atoms with Gasteiger partial charge in [-0.1, -0.05) is 30.3 Å². The zero-order valence-corrected chi connectivity index (χ0v) is 17.5. The van der Waals surface area contributed by atoms with Crippen molar-refractivity contribution < 1.29 is 14.3 Å². The highest BCUT2D eigenvalue weighted by Gasteiger charge is 2.41. The molecule has 2 unspecified atom stereocenters. The number of thiophene rings is 1. The van der Waals surface area contributed by atoms with E-state index in [9.17, 15) is 9.59 Å². The SMILES string of the molecule is COc1ccccc1C1CN(C(=O)c2cccs2)CC1C(=O)NCc1cccnc1. The van der Waals surface area contributed by atoms with E-state index in [1.165, 1.54) is 11.3 Å². The quantitative estimate of drug-likeness (QED) is 0.663. The number of benzene rings is 1. The average Bonchev–Trinajstić information content (AvgIpc) is 3.48. The van der Waals surface area contributed by atoms with Crippen molar-refractivity contribution in [2.75, 3.05) is 20.2 Å². The highest BCUT2D eigenvalue weighted by atomic mass is 32.1. The summed E-state index contributed by atoms with van der Waals surface area (Å²) in [5.41, 5.74) is 1.88. The third-order valence-electron chi connectivity index (χ3n) is 5.40. The van der Waals surface area contributed by atoms with Crippen molar-refractivity contribution in [2.45, 2.75) is 12.5 Å². The second kappa shape index (κ2) is 9.09. The molecule has 2 aromatic heterocycles. The van der Waals surface area contributed by atoms with Gasteiger partial charge in [-0.2, -0.15) is 0 Å². The first-order valence-corrected chi connectivity index (χ1v) is 10.7. The van der Waals surface area contributed by atoms with E-state index in [2.05, 4.69) is 10.3 Å². The second-order valence-electron chi connectivity index (χ2n) is 7.22. The van der Waals surface area contributed by atoms with E-state index in [0.717, 1.165) is 16.9 Å². The van der Waals surface area contributed by atoms with Crippen molar-refractivity contribution in [2.24, 2.45) is 5.92 Å². The standard InChI is InChI=1S/C23H23N3O3S/c1-29-20-8-3-2-7-17(20)18-14-26(23(28)21-9-5-11-30-21)15-19(18)22(27)25-13-16-6-4-10-24-12-16/h2-12,18-19H,13-15H2,1H3,(H,25,27). The van der Waals surface area contributed by atoms with Gasteiger partial charge in [-0.3, -0.25) is 14.6 Å². The van der Waals surface area contributed by atoms with Crippen LogP contribution in [0.1, 0.15) is 26.7 Å². The number of carbonyl (C=O) groups is 2. The predicted molar refractivity (Wildman–Crippen MR) is 116 cm³/mol. The summed E-state index contributed by atoms with van der Waals surface area (Å²) in [5, 5.41) is 4.91. The molecule has 2 amide bonds. The number of rotatable bonds is 6. The summed E-state index contributed by atoms with van der Waals surface area (Å²) in [6.07, 6.45) is 3.44. The van der Waals surface area contributed by atoms with E-state index in [4.69, 9.17) is 4.74 Å². The van der Waals surface area contributed by atoms with Crippen LogP contribution in [0.2, 0.25) is 0 Å². The van der Waals surface area contributed by atoms with Gasteiger partial charge >= 0.3 is 0 Å². The molecule has 4 rings (SSSR count). The van der Waals surface area contributed by atoms with Crippen LogP contribution < -0.4 is 10.1 Å². The first kappa shape index (κ1) is 20.1. The summed E-state index contributed by atoms with van der Waals surface area (Å²) in [5.74, 6) is 0.127. The minimum absolute atomic E-state index is 0.0348. The molecule has 1 saturated heterocycles. The number of likely N-dealkylation sites (tertiary alicyclic amines) is 1. The van der Waals surface area contributed by atoms with E-state index in [-0.39, 0.29) is 23.7 Å². The molecule has 6 nitrogen and oxygen atoms in total.